The number of hydrogen-bond donors (Lipinski definition) is 1. The van der Waals surface area contributed by atoms with Crippen molar-refractivity contribution >= 4 is 41.0 Å². The summed E-state index contributed by atoms with van der Waals surface area (Å²) in [4.78, 5) is 37.3. The molecule has 154 valence electrons. The summed E-state index contributed by atoms with van der Waals surface area (Å²) >= 11 is 7.48. The van der Waals surface area contributed by atoms with Crippen LogP contribution in [0.15, 0.2) is 11.2 Å². The molecule has 1 N–H and O–H groups in total. The summed E-state index contributed by atoms with van der Waals surface area (Å²) in [6, 6.07) is 1.88. The summed E-state index contributed by atoms with van der Waals surface area (Å²) in [6.45, 7) is 8.96. The Bertz CT molecular complexity index is 728. The van der Waals surface area contributed by atoms with E-state index < -0.39 is 0 Å². The number of thioether (sulfide) groups is 1. The third-order valence-corrected chi connectivity index (χ3v) is 5.90. The number of aromatic nitrogens is 2. The molecule has 2 heterocycles. The maximum absolute atomic E-state index is 12.4. The number of rotatable bonds is 7. The van der Waals surface area contributed by atoms with Crippen LogP contribution >= 0.6 is 23.4 Å². The van der Waals surface area contributed by atoms with E-state index in [2.05, 4.69) is 41.0 Å². The molecule has 2 amide bonds. The second-order valence-corrected chi connectivity index (χ2v) is 9.25. The van der Waals surface area contributed by atoms with Crippen LogP contribution in [0.4, 0.5) is 5.82 Å². The van der Waals surface area contributed by atoms with Crippen molar-refractivity contribution in [3.8, 4) is 0 Å². The summed E-state index contributed by atoms with van der Waals surface area (Å²) in [6.07, 6.45) is 2.05. The molecular weight excluding hydrogens is 398 g/mol. The smallest absolute Gasteiger partial charge is 0.230 e. The number of amides is 2. The van der Waals surface area contributed by atoms with Crippen LogP contribution in [0.1, 0.15) is 33.6 Å². The Morgan fingerprint density at radius 3 is 2.71 bits per heavy atom. The second kappa shape index (κ2) is 9.31. The van der Waals surface area contributed by atoms with E-state index in [9.17, 15) is 9.59 Å². The first-order valence-corrected chi connectivity index (χ1v) is 11.2. The van der Waals surface area contributed by atoms with Gasteiger partial charge in [-0.2, -0.15) is 0 Å². The lowest BCUT2D eigenvalue weighted by Gasteiger charge is -2.40. The van der Waals surface area contributed by atoms with Crippen molar-refractivity contribution < 1.29 is 9.59 Å². The largest absolute Gasteiger partial charge is 0.355 e. The number of nitrogens with zero attached hydrogens (tertiary/aromatic N) is 4. The highest BCUT2D eigenvalue weighted by Gasteiger charge is 2.37. The molecule has 0 spiro atoms. The highest BCUT2D eigenvalue weighted by molar-refractivity contribution is 7.99. The van der Waals surface area contributed by atoms with Gasteiger partial charge in [-0.1, -0.05) is 37.2 Å². The molecule has 1 atom stereocenters. The zero-order chi connectivity index (χ0) is 20.3. The van der Waals surface area contributed by atoms with Gasteiger partial charge in [-0.25, -0.2) is 9.97 Å². The van der Waals surface area contributed by atoms with E-state index >= 15 is 0 Å². The number of halogens is 1. The van der Waals surface area contributed by atoms with Crippen LogP contribution in [-0.4, -0.2) is 64.7 Å². The minimum Gasteiger partial charge on any atom is -0.355 e. The monoisotopic (exact) mass is 425 g/mol. The molecule has 1 aromatic rings. The maximum atomic E-state index is 12.4. The fourth-order valence-corrected chi connectivity index (χ4v) is 4.08. The molecule has 9 heteroatoms. The maximum Gasteiger partial charge on any atom is 0.230 e. The van der Waals surface area contributed by atoms with E-state index in [1.54, 1.807) is 6.07 Å². The van der Waals surface area contributed by atoms with Gasteiger partial charge < -0.3 is 15.1 Å². The summed E-state index contributed by atoms with van der Waals surface area (Å²) in [7, 11) is 0. The van der Waals surface area contributed by atoms with Crippen LogP contribution in [0.25, 0.3) is 0 Å². The summed E-state index contributed by atoms with van der Waals surface area (Å²) in [5, 5.41) is 3.74. The third-order valence-electron chi connectivity index (χ3n) is 4.86. The topological polar surface area (TPSA) is 78.4 Å². The number of piperazine rings is 1. The van der Waals surface area contributed by atoms with Gasteiger partial charge >= 0.3 is 0 Å². The number of anilines is 1. The second-order valence-electron chi connectivity index (χ2n) is 7.92. The summed E-state index contributed by atoms with van der Waals surface area (Å²) in [5.74, 6) is 1.91. The van der Waals surface area contributed by atoms with E-state index in [1.807, 2.05) is 4.90 Å². The van der Waals surface area contributed by atoms with Crippen molar-refractivity contribution in [3.05, 3.63) is 11.2 Å². The predicted octanol–water partition coefficient (Wildman–Crippen LogP) is 2.44. The van der Waals surface area contributed by atoms with Crippen molar-refractivity contribution in [3.63, 3.8) is 0 Å². The van der Waals surface area contributed by atoms with E-state index in [4.69, 9.17) is 11.6 Å². The highest BCUT2D eigenvalue weighted by Crippen LogP contribution is 2.32. The molecule has 7 nitrogen and oxygen atoms in total. The average Bonchev–Trinajstić information content (AvgIpc) is 3.49. The molecule has 1 saturated carbocycles. The van der Waals surface area contributed by atoms with Gasteiger partial charge in [0, 0.05) is 44.2 Å². The average molecular weight is 426 g/mol. The predicted molar refractivity (Wildman–Crippen MR) is 112 cm³/mol. The van der Waals surface area contributed by atoms with Gasteiger partial charge in [0.2, 0.25) is 11.8 Å². The normalized spacial score (nSPS) is 19.8. The fraction of sp³-hybridized carbons (Fsp3) is 0.684. The van der Waals surface area contributed by atoms with Gasteiger partial charge in [0.05, 0.1) is 5.75 Å². The molecule has 1 aromatic heterocycles. The molecule has 1 saturated heterocycles. The zero-order valence-electron chi connectivity index (χ0n) is 16.7. The quantitative estimate of drug-likeness (QED) is 0.410. The Kier molecular flexibility index (Phi) is 7.04. The van der Waals surface area contributed by atoms with Crippen LogP contribution in [0.2, 0.25) is 5.15 Å². The Labute approximate surface area is 175 Å². The molecule has 1 aliphatic heterocycles. The van der Waals surface area contributed by atoms with Gasteiger partial charge in [-0.05, 0) is 25.7 Å². The van der Waals surface area contributed by atoms with Crippen molar-refractivity contribution in [2.45, 2.75) is 44.8 Å². The lowest BCUT2D eigenvalue weighted by Crippen LogP contribution is -2.54. The first kappa shape index (κ1) is 21.2. The van der Waals surface area contributed by atoms with Crippen LogP contribution in [0, 0.1) is 11.8 Å². The van der Waals surface area contributed by atoms with Crippen LogP contribution in [0.5, 0.6) is 0 Å². The molecule has 1 aliphatic carbocycles. The fourth-order valence-electron chi connectivity index (χ4n) is 3.17. The van der Waals surface area contributed by atoms with Gasteiger partial charge in [-0.3, -0.25) is 9.59 Å². The molecule has 2 fully saturated rings. The van der Waals surface area contributed by atoms with Crippen molar-refractivity contribution in [1.29, 1.82) is 0 Å². The van der Waals surface area contributed by atoms with E-state index in [-0.39, 0.29) is 29.5 Å². The number of carbonyl (C=O) groups excluding carboxylic acids is 2. The molecule has 0 aromatic carbocycles. The first-order chi connectivity index (χ1) is 13.3. The number of hydrogen-bond acceptors (Lipinski definition) is 6. The minimum absolute atomic E-state index is 0.0374. The SMILES string of the molecule is CC(C)CNC(=O)CSc1nc(Cl)cc(N2CCN(C(=O)C3CC3)[C@H](C)C2)n1. The highest BCUT2D eigenvalue weighted by atomic mass is 35.5. The first-order valence-electron chi connectivity index (χ1n) is 9.83. The number of carbonyl (C=O) groups is 2. The molecular formula is C19H28ClN5O2S. The zero-order valence-corrected chi connectivity index (χ0v) is 18.2. The van der Waals surface area contributed by atoms with Crippen LogP contribution < -0.4 is 10.2 Å². The molecule has 0 unspecified atom stereocenters. The van der Waals surface area contributed by atoms with Gasteiger partial charge in [0.25, 0.3) is 0 Å². The lowest BCUT2D eigenvalue weighted by molar-refractivity contribution is -0.135. The summed E-state index contributed by atoms with van der Waals surface area (Å²) < 4.78 is 0. The lowest BCUT2D eigenvalue weighted by atomic mass is 10.1. The number of nitrogens with one attached hydrogen (secondary N) is 1. The van der Waals surface area contributed by atoms with Gasteiger partial charge in [0.15, 0.2) is 5.16 Å². The summed E-state index contributed by atoms with van der Waals surface area (Å²) in [5.41, 5.74) is 0. The van der Waals surface area contributed by atoms with Gasteiger partial charge in [-0.15, -0.1) is 0 Å². The Morgan fingerprint density at radius 2 is 2.07 bits per heavy atom. The third kappa shape index (κ3) is 5.73. The molecule has 28 heavy (non-hydrogen) atoms. The van der Waals surface area contributed by atoms with E-state index in [0.717, 1.165) is 25.2 Å². The Balaban J connectivity index is 1.58. The van der Waals surface area contributed by atoms with Crippen molar-refractivity contribution in [1.82, 2.24) is 20.2 Å². The van der Waals surface area contributed by atoms with Crippen LogP contribution in [0.3, 0.4) is 0 Å². The molecule has 0 radical (unpaired) electrons. The van der Waals surface area contributed by atoms with Crippen molar-refractivity contribution in [2.75, 3.05) is 36.8 Å². The molecule has 3 rings (SSSR count). The Hall–Kier alpha value is -1.54. The standard InChI is InChI=1S/C19H28ClN5O2S/c1-12(2)9-21-17(26)11-28-19-22-15(20)8-16(23-19)24-6-7-25(13(3)10-24)18(27)14-4-5-14/h8,12-14H,4-7,9-11H2,1-3H3,(H,21,26)/t13-/m1/s1. The minimum atomic E-state index is -0.0374. The van der Waals surface area contributed by atoms with Gasteiger partial charge in [0.1, 0.15) is 11.0 Å². The van der Waals surface area contributed by atoms with Crippen LogP contribution in [-0.2, 0) is 9.59 Å². The van der Waals surface area contributed by atoms with Crippen molar-refractivity contribution in [2.24, 2.45) is 11.8 Å². The van der Waals surface area contributed by atoms with E-state index in [1.165, 1.54) is 11.8 Å². The Morgan fingerprint density at radius 1 is 1.32 bits per heavy atom. The molecule has 2 aliphatic rings. The van der Waals surface area contributed by atoms with E-state index in [0.29, 0.717) is 35.9 Å². The molecule has 0 bridgehead atoms.